The molecule has 0 bridgehead atoms. The van der Waals surface area contributed by atoms with Crippen LogP contribution in [0, 0.1) is 5.92 Å². The lowest BCUT2D eigenvalue weighted by atomic mass is 10.3. The van der Waals surface area contributed by atoms with Crippen LogP contribution in [-0.4, -0.2) is 21.0 Å². The molecule has 2 nitrogen and oxygen atoms in total. The van der Waals surface area contributed by atoms with Gasteiger partial charge in [-0.05, 0) is 19.3 Å². The number of carbonyl (C=O) groups is 1. The van der Waals surface area contributed by atoms with Crippen molar-refractivity contribution in [2.75, 3.05) is 5.75 Å². The second kappa shape index (κ2) is 4.17. The molecular formula is C9H16O2S. The Morgan fingerprint density at radius 2 is 2.17 bits per heavy atom. The van der Waals surface area contributed by atoms with Crippen molar-refractivity contribution < 1.29 is 9.00 Å². The quantitative estimate of drug-likeness (QED) is 0.655. The maximum atomic E-state index is 11.4. The van der Waals surface area contributed by atoms with E-state index in [4.69, 9.17) is 0 Å². The summed E-state index contributed by atoms with van der Waals surface area (Å²) in [5.74, 6) is 0.770. The summed E-state index contributed by atoms with van der Waals surface area (Å²) in [4.78, 5) is 11.2. The summed E-state index contributed by atoms with van der Waals surface area (Å²) >= 11 is 0. The van der Waals surface area contributed by atoms with Crippen molar-refractivity contribution in [2.24, 2.45) is 5.92 Å². The summed E-state index contributed by atoms with van der Waals surface area (Å²) in [5.41, 5.74) is 0. The van der Waals surface area contributed by atoms with Gasteiger partial charge in [-0.15, -0.1) is 0 Å². The van der Waals surface area contributed by atoms with Gasteiger partial charge >= 0.3 is 0 Å². The highest BCUT2D eigenvalue weighted by atomic mass is 32.2. The first-order chi connectivity index (χ1) is 5.65. The molecule has 0 aromatic heterocycles. The Morgan fingerprint density at radius 3 is 2.58 bits per heavy atom. The molecule has 3 heteroatoms. The number of hydrogen-bond acceptors (Lipinski definition) is 2. The van der Waals surface area contributed by atoms with Gasteiger partial charge in [0, 0.05) is 22.0 Å². The van der Waals surface area contributed by atoms with Crippen LogP contribution in [-0.2, 0) is 15.6 Å². The first-order valence-corrected chi connectivity index (χ1v) is 5.93. The Hall–Kier alpha value is -0.180. The lowest BCUT2D eigenvalue weighted by Crippen LogP contribution is -2.19. The van der Waals surface area contributed by atoms with Crippen LogP contribution in [0.5, 0.6) is 0 Å². The summed E-state index contributed by atoms with van der Waals surface area (Å²) in [7, 11) is -0.925. The fourth-order valence-electron chi connectivity index (χ4n) is 0.992. The Bertz CT molecular complexity index is 197. The fourth-order valence-corrected chi connectivity index (χ4v) is 2.16. The summed E-state index contributed by atoms with van der Waals surface area (Å²) in [6.07, 6.45) is 2.94. The van der Waals surface area contributed by atoms with E-state index in [1.807, 2.05) is 13.8 Å². The molecule has 70 valence electrons. The molecule has 0 amide bonds. The smallest absolute Gasteiger partial charge is 0.148 e. The van der Waals surface area contributed by atoms with Gasteiger partial charge in [0.1, 0.15) is 5.78 Å². The SMILES string of the molecule is CCC(C)S(=O)CC(=O)C1CC1. The lowest BCUT2D eigenvalue weighted by Gasteiger charge is -2.06. The maximum Gasteiger partial charge on any atom is 0.148 e. The second-order valence-electron chi connectivity index (χ2n) is 3.48. The minimum absolute atomic E-state index is 0.174. The molecule has 1 saturated carbocycles. The third kappa shape index (κ3) is 2.70. The molecule has 0 aromatic carbocycles. The molecule has 0 aliphatic heterocycles. The second-order valence-corrected chi connectivity index (χ2v) is 5.34. The van der Waals surface area contributed by atoms with Gasteiger partial charge in [-0.3, -0.25) is 9.00 Å². The van der Waals surface area contributed by atoms with E-state index in [0.29, 0.717) is 5.75 Å². The molecule has 12 heavy (non-hydrogen) atoms. The summed E-state index contributed by atoms with van der Waals surface area (Å²) < 4.78 is 11.4. The van der Waals surface area contributed by atoms with Crippen LogP contribution in [0.15, 0.2) is 0 Å². The van der Waals surface area contributed by atoms with Gasteiger partial charge < -0.3 is 0 Å². The number of Topliss-reactive ketones (excluding diaryl/α,β-unsaturated/α-hetero) is 1. The number of ketones is 1. The highest BCUT2D eigenvalue weighted by molar-refractivity contribution is 7.86. The molecule has 0 aromatic rings. The number of carbonyl (C=O) groups excluding carboxylic acids is 1. The van der Waals surface area contributed by atoms with Crippen molar-refractivity contribution >= 4 is 16.6 Å². The maximum absolute atomic E-state index is 11.4. The molecule has 0 N–H and O–H groups in total. The summed E-state index contributed by atoms with van der Waals surface area (Å²) in [6.45, 7) is 3.94. The topological polar surface area (TPSA) is 34.1 Å². The molecule has 0 spiro atoms. The van der Waals surface area contributed by atoms with E-state index in [1.165, 1.54) is 0 Å². The van der Waals surface area contributed by atoms with Gasteiger partial charge in [0.2, 0.25) is 0 Å². The Labute approximate surface area is 76.2 Å². The summed E-state index contributed by atoms with van der Waals surface area (Å²) in [5, 5.41) is 0.174. The lowest BCUT2D eigenvalue weighted by molar-refractivity contribution is -0.117. The predicted octanol–water partition coefficient (Wildman–Crippen LogP) is 1.51. The van der Waals surface area contributed by atoms with Crippen molar-refractivity contribution in [3.05, 3.63) is 0 Å². The van der Waals surface area contributed by atoms with E-state index >= 15 is 0 Å². The van der Waals surface area contributed by atoms with Gasteiger partial charge in [0.05, 0.1) is 5.75 Å². The summed E-state index contributed by atoms with van der Waals surface area (Å²) in [6, 6.07) is 0. The Morgan fingerprint density at radius 1 is 1.58 bits per heavy atom. The highest BCUT2D eigenvalue weighted by Crippen LogP contribution is 2.30. The molecule has 1 aliphatic carbocycles. The van der Waals surface area contributed by atoms with E-state index in [2.05, 4.69) is 0 Å². The van der Waals surface area contributed by atoms with Crippen LogP contribution >= 0.6 is 0 Å². The molecule has 0 saturated heterocycles. The third-order valence-corrected chi connectivity index (χ3v) is 4.14. The van der Waals surface area contributed by atoms with Gasteiger partial charge in [0.25, 0.3) is 0 Å². The standard InChI is InChI=1S/C9H16O2S/c1-3-7(2)12(11)6-9(10)8-4-5-8/h7-8H,3-6H2,1-2H3. The van der Waals surface area contributed by atoms with Gasteiger partial charge in [-0.2, -0.15) is 0 Å². The molecule has 1 fully saturated rings. The van der Waals surface area contributed by atoms with Crippen molar-refractivity contribution in [3.8, 4) is 0 Å². The van der Waals surface area contributed by atoms with Crippen LogP contribution in [0.3, 0.4) is 0 Å². The number of hydrogen-bond donors (Lipinski definition) is 0. The van der Waals surface area contributed by atoms with Gasteiger partial charge in [0.15, 0.2) is 0 Å². The zero-order chi connectivity index (χ0) is 9.14. The van der Waals surface area contributed by atoms with Crippen LogP contribution < -0.4 is 0 Å². The zero-order valence-corrected chi connectivity index (χ0v) is 8.52. The molecule has 0 radical (unpaired) electrons. The number of rotatable bonds is 5. The normalized spacial score (nSPS) is 21.8. The molecule has 2 atom stereocenters. The van der Waals surface area contributed by atoms with Crippen LogP contribution in [0.4, 0.5) is 0 Å². The van der Waals surface area contributed by atoms with Crippen LogP contribution in [0.1, 0.15) is 33.1 Å². The minimum atomic E-state index is -0.925. The minimum Gasteiger partial charge on any atom is -0.298 e. The van der Waals surface area contributed by atoms with E-state index < -0.39 is 10.8 Å². The largest absolute Gasteiger partial charge is 0.298 e. The predicted molar refractivity (Wildman–Crippen MR) is 50.5 cm³/mol. The van der Waals surface area contributed by atoms with Crippen LogP contribution in [0.2, 0.25) is 0 Å². The third-order valence-electron chi connectivity index (χ3n) is 2.34. The van der Waals surface area contributed by atoms with E-state index in [0.717, 1.165) is 19.3 Å². The molecule has 0 heterocycles. The van der Waals surface area contributed by atoms with Gasteiger partial charge in [-0.1, -0.05) is 13.8 Å². The average molecular weight is 188 g/mol. The van der Waals surface area contributed by atoms with Crippen molar-refractivity contribution in [1.29, 1.82) is 0 Å². The molecule has 2 unspecified atom stereocenters. The van der Waals surface area contributed by atoms with Crippen molar-refractivity contribution in [1.82, 2.24) is 0 Å². The highest BCUT2D eigenvalue weighted by Gasteiger charge is 2.30. The first-order valence-electron chi connectivity index (χ1n) is 4.55. The van der Waals surface area contributed by atoms with Crippen LogP contribution in [0.25, 0.3) is 0 Å². The van der Waals surface area contributed by atoms with Crippen molar-refractivity contribution in [2.45, 2.75) is 38.4 Å². The molecule has 1 rings (SSSR count). The Balaban J connectivity index is 2.29. The van der Waals surface area contributed by atoms with E-state index in [1.54, 1.807) is 0 Å². The van der Waals surface area contributed by atoms with Crippen molar-refractivity contribution in [3.63, 3.8) is 0 Å². The van der Waals surface area contributed by atoms with E-state index in [9.17, 15) is 9.00 Å². The molecule has 1 aliphatic rings. The average Bonchev–Trinajstić information content (AvgIpc) is 2.84. The monoisotopic (exact) mass is 188 g/mol. The van der Waals surface area contributed by atoms with Gasteiger partial charge in [-0.25, -0.2) is 0 Å². The Kier molecular flexibility index (Phi) is 3.44. The first kappa shape index (κ1) is 9.90. The fraction of sp³-hybridized carbons (Fsp3) is 0.889. The zero-order valence-electron chi connectivity index (χ0n) is 7.71. The van der Waals surface area contributed by atoms with E-state index in [-0.39, 0.29) is 17.0 Å². The molecular weight excluding hydrogens is 172 g/mol.